The van der Waals surface area contributed by atoms with E-state index in [0.717, 1.165) is 44.1 Å². The Labute approximate surface area is 142 Å². The highest BCUT2D eigenvalue weighted by Crippen LogP contribution is 2.27. The molecule has 1 aromatic rings. The normalized spacial score (nSPS) is 21.0. The van der Waals surface area contributed by atoms with Gasteiger partial charge in [0, 0.05) is 44.2 Å². The molecule has 0 bridgehead atoms. The van der Waals surface area contributed by atoms with Gasteiger partial charge in [-0.05, 0) is 24.5 Å². The zero-order chi connectivity index (χ0) is 16.8. The van der Waals surface area contributed by atoms with E-state index in [1.54, 1.807) is 0 Å². The third-order valence-corrected chi connectivity index (χ3v) is 4.69. The van der Waals surface area contributed by atoms with Crippen LogP contribution < -0.4 is 10.6 Å². The number of hydrogen-bond acceptors (Lipinski definition) is 4. The molecule has 0 aliphatic carbocycles. The van der Waals surface area contributed by atoms with Crippen molar-refractivity contribution in [1.29, 1.82) is 0 Å². The van der Waals surface area contributed by atoms with Gasteiger partial charge in [-0.3, -0.25) is 14.5 Å². The maximum absolute atomic E-state index is 12.1. The van der Waals surface area contributed by atoms with E-state index in [2.05, 4.69) is 15.5 Å². The minimum absolute atomic E-state index is 0.0230. The number of rotatable bonds is 6. The van der Waals surface area contributed by atoms with Crippen molar-refractivity contribution < 1.29 is 14.3 Å². The van der Waals surface area contributed by atoms with Gasteiger partial charge in [-0.15, -0.1) is 0 Å². The summed E-state index contributed by atoms with van der Waals surface area (Å²) < 4.78 is 5.30. The minimum Gasteiger partial charge on any atom is -0.379 e. The van der Waals surface area contributed by atoms with Gasteiger partial charge < -0.3 is 15.4 Å². The van der Waals surface area contributed by atoms with E-state index in [9.17, 15) is 9.59 Å². The molecule has 2 amide bonds. The molecule has 2 aliphatic heterocycles. The number of amides is 2. The molecule has 1 aromatic carbocycles. The van der Waals surface area contributed by atoms with Gasteiger partial charge in [-0.25, -0.2) is 0 Å². The molecule has 0 saturated carbocycles. The smallest absolute Gasteiger partial charge is 0.227 e. The van der Waals surface area contributed by atoms with Crippen LogP contribution in [0.25, 0.3) is 0 Å². The summed E-state index contributed by atoms with van der Waals surface area (Å²) in [5.41, 5.74) is 2.04. The monoisotopic (exact) mass is 331 g/mol. The summed E-state index contributed by atoms with van der Waals surface area (Å²) in [6.45, 7) is 4.90. The number of carbonyl (C=O) groups is 2. The van der Waals surface area contributed by atoms with Crippen LogP contribution in [0.1, 0.15) is 18.4 Å². The molecule has 0 spiro atoms. The van der Waals surface area contributed by atoms with E-state index in [-0.39, 0.29) is 17.7 Å². The molecule has 6 nitrogen and oxygen atoms in total. The molecule has 1 fully saturated rings. The number of nitrogens with one attached hydrogen (secondary N) is 2. The molecule has 3 rings (SSSR count). The first kappa shape index (κ1) is 16.9. The van der Waals surface area contributed by atoms with Crippen LogP contribution in [-0.2, 0) is 20.7 Å². The topological polar surface area (TPSA) is 70.7 Å². The third-order valence-electron chi connectivity index (χ3n) is 4.69. The van der Waals surface area contributed by atoms with Gasteiger partial charge in [-0.2, -0.15) is 0 Å². The number of carbonyl (C=O) groups excluding carboxylic acids is 2. The van der Waals surface area contributed by atoms with Gasteiger partial charge in [0.25, 0.3) is 0 Å². The molecule has 0 aromatic heterocycles. The first-order chi connectivity index (χ1) is 11.7. The fraction of sp³-hybridized carbons (Fsp3) is 0.556. The van der Waals surface area contributed by atoms with Gasteiger partial charge >= 0.3 is 0 Å². The van der Waals surface area contributed by atoms with Gasteiger partial charge in [0.05, 0.1) is 13.2 Å². The van der Waals surface area contributed by atoms with Crippen molar-refractivity contribution in [3.05, 3.63) is 29.8 Å². The number of morpholine rings is 1. The van der Waals surface area contributed by atoms with Gasteiger partial charge in [0.15, 0.2) is 0 Å². The van der Waals surface area contributed by atoms with Crippen LogP contribution in [0.15, 0.2) is 24.3 Å². The van der Waals surface area contributed by atoms with Crippen LogP contribution in [0.4, 0.5) is 5.69 Å². The lowest BCUT2D eigenvalue weighted by atomic mass is 9.89. The number of nitrogens with zero attached hydrogens (tertiary/aromatic N) is 1. The molecule has 6 heteroatoms. The van der Waals surface area contributed by atoms with Gasteiger partial charge in [0.1, 0.15) is 0 Å². The number of benzene rings is 1. The lowest BCUT2D eigenvalue weighted by Gasteiger charge is -2.26. The zero-order valence-electron chi connectivity index (χ0n) is 13.9. The molecule has 130 valence electrons. The summed E-state index contributed by atoms with van der Waals surface area (Å²) in [5, 5.41) is 5.88. The van der Waals surface area contributed by atoms with Crippen LogP contribution >= 0.6 is 0 Å². The summed E-state index contributed by atoms with van der Waals surface area (Å²) in [6, 6.07) is 7.85. The number of hydrogen-bond donors (Lipinski definition) is 2. The van der Waals surface area contributed by atoms with E-state index in [1.807, 2.05) is 24.3 Å². The molecule has 24 heavy (non-hydrogen) atoms. The Balaban J connectivity index is 1.37. The van der Waals surface area contributed by atoms with Crippen molar-refractivity contribution in [3.8, 4) is 0 Å². The number of fused-ring (bicyclic) bond motifs is 1. The number of anilines is 1. The average Bonchev–Trinajstić information content (AvgIpc) is 2.61. The Morgan fingerprint density at radius 2 is 2.08 bits per heavy atom. The second-order valence-corrected chi connectivity index (χ2v) is 6.39. The number of ether oxygens (including phenoxy) is 1. The molecule has 0 radical (unpaired) electrons. The van der Waals surface area contributed by atoms with Crippen LogP contribution in [0.3, 0.4) is 0 Å². The second-order valence-electron chi connectivity index (χ2n) is 6.39. The predicted octanol–water partition coefficient (Wildman–Crippen LogP) is 1.03. The minimum atomic E-state index is -0.120. The summed E-state index contributed by atoms with van der Waals surface area (Å²) in [4.78, 5) is 26.4. The Morgan fingerprint density at radius 3 is 2.92 bits per heavy atom. The third kappa shape index (κ3) is 4.55. The maximum Gasteiger partial charge on any atom is 0.227 e. The standard InChI is InChI=1S/C18H25N3O3/c22-17(19-7-8-21-9-11-24-12-10-21)6-5-15-13-14-3-1-2-4-16(14)20-18(15)23/h1-4,15H,5-13H2,(H,19,22)(H,20,23)/t15-/m1/s1. The SMILES string of the molecule is O=C(CC[C@@H]1Cc2ccccc2NC1=O)NCCN1CCOCC1. The first-order valence-electron chi connectivity index (χ1n) is 8.68. The van der Waals surface area contributed by atoms with Gasteiger partial charge in [0.2, 0.25) is 11.8 Å². The van der Waals surface area contributed by atoms with E-state index < -0.39 is 0 Å². The highest BCUT2D eigenvalue weighted by molar-refractivity contribution is 5.96. The molecular formula is C18H25N3O3. The molecular weight excluding hydrogens is 306 g/mol. The average molecular weight is 331 g/mol. The summed E-state index contributed by atoms with van der Waals surface area (Å²) >= 11 is 0. The lowest BCUT2D eigenvalue weighted by Crippen LogP contribution is -2.41. The Bertz CT molecular complexity index is 585. The highest BCUT2D eigenvalue weighted by Gasteiger charge is 2.26. The predicted molar refractivity (Wildman–Crippen MR) is 91.8 cm³/mol. The van der Waals surface area contributed by atoms with Crippen molar-refractivity contribution >= 4 is 17.5 Å². The molecule has 1 saturated heterocycles. The summed E-state index contributed by atoms with van der Waals surface area (Å²) in [5.74, 6) is -0.0744. The van der Waals surface area contributed by atoms with Crippen LogP contribution in [0, 0.1) is 5.92 Å². The molecule has 2 heterocycles. The second kappa shape index (κ2) is 8.26. The van der Waals surface area contributed by atoms with Crippen LogP contribution in [0.5, 0.6) is 0 Å². The van der Waals surface area contributed by atoms with Crippen molar-refractivity contribution in [2.45, 2.75) is 19.3 Å². The Kier molecular flexibility index (Phi) is 5.82. The maximum atomic E-state index is 12.1. The molecule has 2 aliphatic rings. The van der Waals surface area contributed by atoms with Crippen molar-refractivity contribution in [2.24, 2.45) is 5.92 Å². The molecule has 2 N–H and O–H groups in total. The van der Waals surface area contributed by atoms with E-state index >= 15 is 0 Å². The Hall–Kier alpha value is -1.92. The van der Waals surface area contributed by atoms with Gasteiger partial charge in [-0.1, -0.05) is 18.2 Å². The molecule has 0 unspecified atom stereocenters. The highest BCUT2D eigenvalue weighted by atomic mass is 16.5. The fourth-order valence-electron chi connectivity index (χ4n) is 3.22. The van der Waals surface area contributed by atoms with Crippen LogP contribution in [0.2, 0.25) is 0 Å². The van der Waals surface area contributed by atoms with Crippen molar-refractivity contribution in [1.82, 2.24) is 10.2 Å². The Morgan fingerprint density at radius 1 is 1.29 bits per heavy atom. The lowest BCUT2D eigenvalue weighted by molar-refractivity contribution is -0.122. The van der Waals surface area contributed by atoms with Crippen LogP contribution in [-0.4, -0.2) is 56.1 Å². The number of para-hydroxylation sites is 1. The van der Waals surface area contributed by atoms with E-state index in [4.69, 9.17) is 4.74 Å². The van der Waals surface area contributed by atoms with E-state index in [1.165, 1.54) is 0 Å². The fourth-order valence-corrected chi connectivity index (χ4v) is 3.22. The largest absolute Gasteiger partial charge is 0.379 e. The zero-order valence-corrected chi connectivity index (χ0v) is 13.9. The first-order valence-corrected chi connectivity index (χ1v) is 8.68. The van der Waals surface area contributed by atoms with Crippen molar-refractivity contribution in [2.75, 3.05) is 44.7 Å². The summed E-state index contributed by atoms with van der Waals surface area (Å²) in [7, 11) is 0. The van der Waals surface area contributed by atoms with E-state index in [0.29, 0.717) is 25.8 Å². The van der Waals surface area contributed by atoms with Crippen molar-refractivity contribution in [3.63, 3.8) is 0 Å². The molecule has 1 atom stereocenters. The summed E-state index contributed by atoms with van der Waals surface area (Å²) in [6.07, 6.45) is 1.69. The quantitative estimate of drug-likeness (QED) is 0.817.